The molecular weight excluding hydrogens is 300 g/mol. The first-order valence-corrected chi connectivity index (χ1v) is 7.73. The van der Waals surface area contributed by atoms with Gasteiger partial charge in [0.15, 0.2) is 0 Å². The van der Waals surface area contributed by atoms with E-state index in [1.165, 1.54) is 11.8 Å². The van der Waals surface area contributed by atoms with Crippen molar-refractivity contribution in [3.8, 4) is 11.8 Å². The maximum atomic E-state index is 11.6. The van der Waals surface area contributed by atoms with Crippen molar-refractivity contribution >= 4 is 28.6 Å². The van der Waals surface area contributed by atoms with Crippen LogP contribution in [0.25, 0.3) is 10.9 Å². The van der Waals surface area contributed by atoms with Crippen molar-refractivity contribution in [2.45, 2.75) is 25.0 Å². The fourth-order valence-corrected chi connectivity index (χ4v) is 2.62. The minimum atomic E-state index is -0.323. The first-order chi connectivity index (χ1) is 10.5. The van der Waals surface area contributed by atoms with E-state index in [0.29, 0.717) is 16.3 Å². The van der Waals surface area contributed by atoms with Crippen LogP contribution in [0.3, 0.4) is 0 Å². The lowest BCUT2D eigenvalue weighted by Gasteiger charge is -2.09. The molecule has 0 spiro atoms. The van der Waals surface area contributed by atoms with Crippen LogP contribution in [0.15, 0.2) is 29.3 Å². The fourth-order valence-electron chi connectivity index (χ4n) is 1.87. The molecule has 0 saturated carbocycles. The van der Waals surface area contributed by atoms with Gasteiger partial charge in [-0.2, -0.15) is 5.26 Å². The molecule has 6 heteroatoms. The monoisotopic (exact) mass is 316 g/mol. The smallest absolute Gasteiger partial charge is 0.316 e. The molecule has 1 heterocycles. The number of carbonyl (C=O) groups excluding carboxylic acids is 1. The molecule has 2 rings (SSSR count). The average molecular weight is 316 g/mol. The minimum absolute atomic E-state index is 0.120. The van der Waals surface area contributed by atoms with E-state index in [1.807, 2.05) is 12.1 Å². The molecule has 5 nitrogen and oxygen atoms in total. The molecule has 114 valence electrons. The normalized spacial score (nSPS) is 10.5. The zero-order valence-electron chi connectivity index (χ0n) is 12.6. The first-order valence-electron chi connectivity index (χ1n) is 6.74. The van der Waals surface area contributed by atoms with E-state index >= 15 is 0 Å². The number of hydrogen-bond acceptors (Lipinski definition) is 6. The van der Waals surface area contributed by atoms with Gasteiger partial charge in [-0.25, -0.2) is 4.98 Å². The Morgan fingerprint density at radius 3 is 2.82 bits per heavy atom. The molecule has 0 aliphatic heterocycles. The van der Waals surface area contributed by atoms with E-state index in [-0.39, 0.29) is 17.8 Å². The van der Waals surface area contributed by atoms with Gasteiger partial charge in [-0.3, -0.25) is 4.79 Å². The molecule has 0 aliphatic carbocycles. The van der Waals surface area contributed by atoms with Gasteiger partial charge in [0, 0.05) is 11.5 Å². The Labute approximate surface area is 133 Å². The molecular formula is C16H16N2O3S. The van der Waals surface area contributed by atoms with Gasteiger partial charge in [0.05, 0.1) is 30.0 Å². The molecule has 0 amide bonds. The van der Waals surface area contributed by atoms with E-state index in [1.54, 1.807) is 33.1 Å². The lowest BCUT2D eigenvalue weighted by atomic mass is 10.1. The first kappa shape index (κ1) is 16.1. The van der Waals surface area contributed by atoms with Crippen molar-refractivity contribution in [2.24, 2.45) is 0 Å². The summed E-state index contributed by atoms with van der Waals surface area (Å²) < 4.78 is 10.3. The zero-order chi connectivity index (χ0) is 16.1. The van der Waals surface area contributed by atoms with Gasteiger partial charge in [-0.05, 0) is 32.0 Å². The Kier molecular flexibility index (Phi) is 5.23. The van der Waals surface area contributed by atoms with Gasteiger partial charge in [0.2, 0.25) is 0 Å². The van der Waals surface area contributed by atoms with Gasteiger partial charge < -0.3 is 9.47 Å². The quantitative estimate of drug-likeness (QED) is 0.623. The summed E-state index contributed by atoms with van der Waals surface area (Å²) >= 11 is 1.20. The molecule has 0 radical (unpaired) electrons. The Balaban J connectivity index is 2.27. The number of methoxy groups -OCH3 is 1. The molecule has 0 bridgehead atoms. The van der Waals surface area contributed by atoms with Gasteiger partial charge >= 0.3 is 5.97 Å². The molecule has 2 aromatic rings. The summed E-state index contributed by atoms with van der Waals surface area (Å²) in [5.41, 5.74) is 1.16. The van der Waals surface area contributed by atoms with Crippen molar-refractivity contribution in [1.82, 2.24) is 4.98 Å². The molecule has 0 atom stereocenters. The number of benzene rings is 1. The predicted octanol–water partition coefficient (Wildman–Crippen LogP) is 3.16. The number of thioether (sulfide) groups is 1. The van der Waals surface area contributed by atoms with Crippen LogP contribution in [0.2, 0.25) is 0 Å². The van der Waals surface area contributed by atoms with Gasteiger partial charge in [0.25, 0.3) is 0 Å². The number of nitriles is 1. The van der Waals surface area contributed by atoms with Gasteiger partial charge in [0.1, 0.15) is 16.8 Å². The Bertz CT molecular complexity index is 738. The number of nitrogens with zero attached hydrogens (tertiary/aromatic N) is 2. The highest BCUT2D eigenvalue weighted by atomic mass is 32.2. The van der Waals surface area contributed by atoms with Crippen molar-refractivity contribution in [2.75, 3.05) is 12.9 Å². The van der Waals surface area contributed by atoms with E-state index in [9.17, 15) is 10.1 Å². The highest BCUT2D eigenvalue weighted by Gasteiger charge is 2.12. The predicted molar refractivity (Wildman–Crippen MR) is 85.0 cm³/mol. The van der Waals surface area contributed by atoms with Crippen molar-refractivity contribution < 1.29 is 14.3 Å². The molecule has 0 N–H and O–H groups in total. The fraction of sp³-hybridized carbons (Fsp3) is 0.312. The molecule has 22 heavy (non-hydrogen) atoms. The summed E-state index contributed by atoms with van der Waals surface area (Å²) in [6.45, 7) is 3.59. The number of esters is 1. The average Bonchev–Trinajstić information content (AvgIpc) is 2.50. The highest BCUT2D eigenvalue weighted by Crippen LogP contribution is 2.27. The SMILES string of the molecule is COc1ccc2cc(C#N)c(SCC(=O)OC(C)C)nc2c1. The van der Waals surface area contributed by atoms with Crippen molar-refractivity contribution in [1.29, 1.82) is 5.26 Å². The number of rotatable bonds is 5. The third-order valence-corrected chi connectivity index (χ3v) is 3.77. The van der Waals surface area contributed by atoms with Crippen molar-refractivity contribution in [3.63, 3.8) is 0 Å². The van der Waals surface area contributed by atoms with Crippen LogP contribution in [0.5, 0.6) is 5.75 Å². The summed E-state index contributed by atoms with van der Waals surface area (Å²) in [6.07, 6.45) is -0.155. The second kappa shape index (κ2) is 7.14. The van der Waals surface area contributed by atoms with E-state index < -0.39 is 0 Å². The number of pyridine rings is 1. The van der Waals surface area contributed by atoms with Gasteiger partial charge in [-0.1, -0.05) is 11.8 Å². The highest BCUT2D eigenvalue weighted by molar-refractivity contribution is 7.99. The minimum Gasteiger partial charge on any atom is -0.497 e. The Morgan fingerprint density at radius 2 is 2.18 bits per heavy atom. The molecule has 1 aromatic heterocycles. The number of aromatic nitrogens is 1. The zero-order valence-corrected chi connectivity index (χ0v) is 13.4. The molecule has 0 aliphatic rings. The van der Waals surface area contributed by atoms with Crippen LogP contribution in [-0.2, 0) is 9.53 Å². The standard InChI is InChI=1S/C16H16N2O3S/c1-10(2)21-15(19)9-22-16-12(8-17)6-11-4-5-13(20-3)7-14(11)18-16/h4-7,10H,9H2,1-3H3. The summed E-state index contributed by atoms with van der Waals surface area (Å²) in [6, 6.07) is 9.34. The van der Waals surface area contributed by atoms with E-state index in [4.69, 9.17) is 9.47 Å². The van der Waals surface area contributed by atoms with Crippen LogP contribution in [0, 0.1) is 11.3 Å². The van der Waals surface area contributed by atoms with E-state index in [0.717, 1.165) is 10.9 Å². The maximum Gasteiger partial charge on any atom is 0.316 e. The summed E-state index contributed by atoms with van der Waals surface area (Å²) in [7, 11) is 1.59. The second-order valence-electron chi connectivity index (χ2n) is 4.84. The van der Waals surface area contributed by atoms with Crippen LogP contribution in [-0.4, -0.2) is 29.9 Å². The van der Waals surface area contributed by atoms with Crippen molar-refractivity contribution in [3.05, 3.63) is 29.8 Å². The maximum absolute atomic E-state index is 11.6. The molecule has 0 saturated heterocycles. The Hall–Kier alpha value is -2.26. The molecule has 0 unspecified atom stereocenters. The Morgan fingerprint density at radius 1 is 1.41 bits per heavy atom. The van der Waals surface area contributed by atoms with Crippen LogP contribution < -0.4 is 4.74 Å². The van der Waals surface area contributed by atoms with Crippen LogP contribution >= 0.6 is 11.8 Å². The van der Waals surface area contributed by atoms with Crippen LogP contribution in [0.1, 0.15) is 19.4 Å². The third-order valence-electron chi connectivity index (χ3n) is 2.80. The number of ether oxygens (including phenoxy) is 2. The third kappa shape index (κ3) is 3.89. The lowest BCUT2D eigenvalue weighted by molar-refractivity contribution is -0.144. The van der Waals surface area contributed by atoms with E-state index in [2.05, 4.69) is 11.1 Å². The summed E-state index contributed by atoms with van der Waals surface area (Å²) in [5, 5.41) is 10.6. The van der Waals surface area contributed by atoms with Gasteiger partial charge in [-0.15, -0.1) is 0 Å². The molecule has 1 aromatic carbocycles. The summed E-state index contributed by atoms with van der Waals surface area (Å²) in [5.74, 6) is 0.492. The summed E-state index contributed by atoms with van der Waals surface area (Å²) in [4.78, 5) is 16.1. The lowest BCUT2D eigenvalue weighted by Crippen LogP contribution is -2.13. The number of carbonyl (C=O) groups is 1. The largest absolute Gasteiger partial charge is 0.497 e. The van der Waals surface area contributed by atoms with Crippen LogP contribution in [0.4, 0.5) is 0 Å². The molecule has 0 fully saturated rings. The number of fused-ring (bicyclic) bond motifs is 1. The number of hydrogen-bond donors (Lipinski definition) is 0. The second-order valence-corrected chi connectivity index (χ2v) is 5.80. The topological polar surface area (TPSA) is 72.2 Å².